The summed E-state index contributed by atoms with van der Waals surface area (Å²) >= 11 is 0. The van der Waals surface area contributed by atoms with E-state index in [1.54, 1.807) is 10.8 Å². The summed E-state index contributed by atoms with van der Waals surface area (Å²) in [6.45, 7) is 8.80. The van der Waals surface area contributed by atoms with E-state index < -0.39 is 6.29 Å². The Morgan fingerprint density at radius 1 is 1.15 bits per heavy atom. The number of carbonyl (C=O) groups excluding carboxylic acids is 1. The molecule has 1 unspecified atom stereocenters. The second kappa shape index (κ2) is 12.8. The lowest BCUT2D eigenvalue weighted by Crippen LogP contribution is -2.30. The summed E-state index contributed by atoms with van der Waals surface area (Å²) in [6, 6.07) is 0.139. The van der Waals surface area contributed by atoms with Crippen LogP contribution >= 0.6 is 21.6 Å². The highest BCUT2D eigenvalue weighted by molar-refractivity contribution is 8.76. The van der Waals surface area contributed by atoms with Crippen molar-refractivity contribution in [3.63, 3.8) is 0 Å². The van der Waals surface area contributed by atoms with E-state index in [1.807, 2.05) is 24.6 Å². The largest absolute Gasteiger partial charge is 0.368 e. The van der Waals surface area contributed by atoms with Crippen LogP contribution in [0.5, 0.6) is 0 Å². The maximum absolute atomic E-state index is 11.4. The van der Waals surface area contributed by atoms with Gasteiger partial charge in [0, 0.05) is 30.4 Å². The Hall–Kier alpha value is 0.0900. The molecule has 0 aromatic rings. The van der Waals surface area contributed by atoms with Gasteiger partial charge in [-0.15, -0.1) is 0 Å². The van der Waals surface area contributed by atoms with E-state index in [9.17, 15) is 9.90 Å². The van der Waals surface area contributed by atoms with Gasteiger partial charge in [-0.05, 0) is 26.2 Å². The highest BCUT2D eigenvalue weighted by Crippen LogP contribution is 2.23. The van der Waals surface area contributed by atoms with Gasteiger partial charge in [-0.25, -0.2) is 0 Å². The first kappa shape index (κ1) is 20.1. The van der Waals surface area contributed by atoms with Crippen molar-refractivity contribution in [3.05, 3.63) is 0 Å². The normalized spacial score (nSPS) is 12.9. The van der Waals surface area contributed by atoms with Crippen LogP contribution in [-0.4, -0.2) is 41.5 Å². The monoisotopic (exact) mass is 323 g/mol. The zero-order valence-corrected chi connectivity index (χ0v) is 14.7. The number of aliphatic hydroxyl groups is 1. The second-order valence-corrected chi connectivity index (χ2v) is 8.11. The highest BCUT2D eigenvalue weighted by Gasteiger charge is 2.09. The number of nitrogens with one attached hydrogen (secondary N) is 1. The fourth-order valence-electron chi connectivity index (χ4n) is 1.35. The smallest absolute Gasteiger partial charge is 0.220 e. The van der Waals surface area contributed by atoms with E-state index >= 15 is 0 Å². The van der Waals surface area contributed by atoms with Gasteiger partial charge in [0.2, 0.25) is 5.91 Å². The summed E-state index contributed by atoms with van der Waals surface area (Å²) in [5.74, 6) is 2.72. The zero-order valence-electron chi connectivity index (χ0n) is 13.1. The van der Waals surface area contributed by atoms with E-state index in [0.29, 0.717) is 19.4 Å². The van der Waals surface area contributed by atoms with E-state index in [-0.39, 0.29) is 11.9 Å². The number of rotatable bonds is 12. The lowest BCUT2D eigenvalue weighted by atomic mass is 10.2. The van der Waals surface area contributed by atoms with Gasteiger partial charge >= 0.3 is 0 Å². The van der Waals surface area contributed by atoms with Crippen molar-refractivity contribution in [1.82, 2.24) is 5.32 Å². The number of aliphatic hydroxyl groups excluding tert-OH is 1. The van der Waals surface area contributed by atoms with Gasteiger partial charge in [-0.1, -0.05) is 35.4 Å². The molecule has 20 heavy (non-hydrogen) atoms. The van der Waals surface area contributed by atoms with Crippen molar-refractivity contribution in [2.24, 2.45) is 5.92 Å². The molecule has 0 aliphatic heterocycles. The molecule has 0 aliphatic rings. The predicted octanol–water partition coefficient (Wildman–Crippen LogP) is 3.05. The van der Waals surface area contributed by atoms with Crippen molar-refractivity contribution in [2.45, 2.75) is 59.3 Å². The summed E-state index contributed by atoms with van der Waals surface area (Å²) in [5.41, 5.74) is 0. The lowest BCUT2D eigenvalue weighted by molar-refractivity contribution is -0.127. The Kier molecular flexibility index (Phi) is 12.9. The number of ether oxygens (including phenoxy) is 1. The average Bonchev–Trinajstić information content (AvgIpc) is 2.34. The molecule has 120 valence electrons. The molecular formula is C14H29NO3S2. The molecule has 1 atom stereocenters. The summed E-state index contributed by atoms with van der Waals surface area (Å²) < 4.78 is 5.27. The van der Waals surface area contributed by atoms with Crippen molar-refractivity contribution >= 4 is 27.5 Å². The summed E-state index contributed by atoms with van der Waals surface area (Å²) in [7, 11) is 3.62. The molecule has 0 fully saturated rings. The average molecular weight is 324 g/mol. The molecule has 0 saturated carbocycles. The molecule has 0 spiro atoms. The maximum atomic E-state index is 11.4. The Balaban J connectivity index is 3.36. The molecule has 0 saturated heterocycles. The van der Waals surface area contributed by atoms with E-state index in [4.69, 9.17) is 4.74 Å². The van der Waals surface area contributed by atoms with Crippen LogP contribution < -0.4 is 5.32 Å². The number of amides is 1. The number of hydrogen-bond donors (Lipinski definition) is 2. The SMILES string of the molecule is CC(C)CCSSCCOC(O)CCC(=O)NC(C)C. The molecule has 0 heterocycles. The fourth-order valence-corrected chi connectivity index (χ4v) is 3.52. The first-order valence-electron chi connectivity index (χ1n) is 7.25. The number of carbonyl (C=O) groups is 1. The minimum Gasteiger partial charge on any atom is -0.368 e. The number of hydrogen-bond acceptors (Lipinski definition) is 5. The standard InChI is InChI=1S/C14H29NO3S2/c1-11(2)7-9-19-20-10-8-18-14(17)6-5-13(16)15-12(3)4/h11-12,14,17H,5-10H2,1-4H3,(H,15,16). The predicted molar refractivity (Wildman–Crippen MR) is 88.8 cm³/mol. The molecule has 2 N–H and O–H groups in total. The van der Waals surface area contributed by atoms with Crippen LogP contribution in [0.1, 0.15) is 47.0 Å². The van der Waals surface area contributed by atoms with E-state index in [0.717, 1.165) is 17.4 Å². The third-order valence-corrected chi connectivity index (χ3v) is 4.81. The van der Waals surface area contributed by atoms with Gasteiger partial charge in [-0.2, -0.15) is 0 Å². The molecular weight excluding hydrogens is 294 g/mol. The van der Waals surface area contributed by atoms with E-state index in [1.165, 1.54) is 6.42 Å². The second-order valence-electron chi connectivity index (χ2n) is 5.41. The Bertz CT molecular complexity index is 251. The minimum atomic E-state index is -0.839. The summed E-state index contributed by atoms with van der Waals surface area (Å²) in [6.07, 6.45) is 1.04. The Labute approximate surface area is 131 Å². The zero-order chi connectivity index (χ0) is 15.4. The first-order valence-corrected chi connectivity index (χ1v) is 9.74. The maximum Gasteiger partial charge on any atom is 0.220 e. The van der Waals surface area contributed by atoms with Crippen molar-refractivity contribution in [1.29, 1.82) is 0 Å². The summed E-state index contributed by atoms with van der Waals surface area (Å²) in [5, 5.41) is 12.4. The molecule has 4 nitrogen and oxygen atoms in total. The summed E-state index contributed by atoms with van der Waals surface area (Å²) in [4.78, 5) is 11.4. The van der Waals surface area contributed by atoms with Crippen molar-refractivity contribution < 1.29 is 14.6 Å². The topological polar surface area (TPSA) is 58.6 Å². The first-order chi connectivity index (χ1) is 9.41. The Morgan fingerprint density at radius 2 is 1.80 bits per heavy atom. The minimum absolute atomic E-state index is 0.0405. The van der Waals surface area contributed by atoms with Gasteiger partial charge in [-0.3, -0.25) is 4.79 Å². The Morgan fingerprint density at radius 3 is 2.40 bits per heavy atom. The van der Waals surface area contributed by atoms with Crippen molar-refractivity contribution in [3.8, 4) is 0 Å². The van der Waals surface area contributed by atoms with Gasteiger partial charge in [0.1, 0.15) is 0 Å². The van der Waals surface area contributed by atoms with Gasteiger partial charge < -0.3 is 15.2 Å². The van der Waals surface area contributed by atoms with Crippen LogP contribution in [-0.2, 0) is 9.53 Å². The van der Waals surface area contributed by atoms with Crippen LogP contribution in [0.25, 0.3) is 0 Å². The molecule has 0 aliphatic carbocycles. The van der Waals surface area contributed by atoms with Crippen LogP contribution in [0.2, 0.25) is 0 Å². The molecule has 0 aromatic carbocycles. The molecule has 0 aromatic heterocycles. The molecule has 6 heteroatoms. The van der Waals surface area contributed by atoms with Gasteiger partial charge in [0.15, 0.2) is 6.29 Å². The third-order valence-electron chi connectivity index (χ3n) is 2.41. The van der Waals surface area contributed by atoms with Gasteiger partial charge in [0.05, 0.1) is 6.61 Å². The van der Waals surface area contributed by atoms with E-state index in [2.05, 4.69) is 19.2 Å². The van der Waals surface area contributed by atoms with Crippen LogP contribution in [0, 0.1) is 5.92 Å². The third kappa shape index (κ3) is 14.5. The van der Waals surface area contributed by atoms with Crippen molar-refractivity contribution in [2.75, 3.05) is 18.1 Å². The quantitative estimate of drug-likeness (QED) is 0.328. The molecule has 0 rings (SSSR count). The molecule has 0 bridgehead atoms. The van der Waals surface area contributed by atoms with Gasteiger partial charge in [0.25, 0.3) is 0 Å². The lowest BCUT2D eigenvalue weighted by Gasteiger charge is -2.13. The van der Waals surface area contributed by atoms with Crippen LogP contribution in [0.4, 0.5) is 0 Å². The molecule has 0 radical (unpaired) electrons. The van der Waals surface area contributed by atoms with Crippen LogP contribution in [0.15, 0.2) is 0 Å². The fraction of sp³-hybridized carbons (Fsp3) is 0.929. The molecule has 1 amide bonds. The van der Waals surface area contributed by atoms with Crippen LogP contribution in [0.3, 0.4) is 0 Å². The highest BCUT2D eigenvalue weighted by atomic mass is 33.1.